The molecule has 17 nitrogen and oxygen atoms in total. The summed E-state index contributed by atoms with van der Waals surface area (Å²) in [5, 5.41) is 3.33. The maximum absolute atomic E-state index is 5.97. The number of likely N-dealkylation sites (tertiary alicyclic amines) is 3. The average Bonchev–Trinajstić information content (AvgIpc) is 1.65. The van der Waals surface area contributed by atoms with E-state index >= 15 is 0 Å². The second kappa shape index (κ2) is 57.9. The van der Waals surface area contributed by atoms with Crippen LogP contribution < -0.4 is 5.32 Å². The highest BCUT2D eigenvalue weighted by molar-refractivity contribution is 7.99. The summed E-state index contributed by atoms with van der Waals surface area (Å²) in [5.41, 5.74) is 1.67. The zero-order valence-electron chi connectivity index (χ0n) is 72.2. The SMILES string of the molecule is CC(C)N1CC2CC1CO2.CC(C)N1CCCC1.CC(C)N1CCCCC1.CC(C)N1CCCOCC1.CC(C)N1CCNCC1.CC(C)N1CCOC1.CC(C)N1CCOC2(CCCC2)C1.CC(C)N1CCOCC1.CC(C)N1CCSCC1.CC(C)OC1CCOCC1.CC(C)c1ccccc1. The summed E-state index contributed by atoms with van der Waals surface area (Å²) < 4.78 is 38.0. The maximum atomic E-state index is 5.97. The van der Waals surface area contributed by atoms with Crippen molar-refractivity contribution in [3.8, 4) is 0 Å². The predicted molar refractivity (Wildman–Crippen MR) is 447 cm³/mol. The quantitative estimate of drug-likeness (QED) is 0.214. The standard InChI is InChI=1S/C11H21NO.C9H12.C8H15NO.C8H17NO.C8H17N.C8H16O2.C7H16N2.C7H15NO.C7H15NS.C7H15N.C6H13NO/c1-10(2)12-7-8-13-11(9-12)5-3-4-6-11;1-8(2)9-6-4-3-5-7-9;1-6(2)9-4-8-3-7(9)5-10-8;1-8(2)9-4-3-6-10-7-5-9;1-8(2)9-6-4-3-5-7-9;1-7(2)10-8-3-5-9-6-4-8;1-7(2)9-5-3-8-4-6-9;2*1-7(2)8-3-5-9-6-4-8;1-7(2)8-5-3-4-6-8;1-6(2)7-3-4-8-5-7/h10H,3-9H2,1-2H3;3-8H,1-2H3;6-8H,3-5H2,1-2H3;8H,3-7H2,1-2H3;8H,3-7H2,1-2H3;7-8H,3-6H2,1-2H3;7-8H,3-6H2,1-2H3;2*7H,3-6H2,1-2H3;7H,3-6H2,1-2H3;6H,3-5H2,1-2H3. The molecule has 11 heterocycles. The minimum atomic E-state index is 0.252. The molecular weight excluding hydrogens is 1320 g/mol. The van der Waals surface area contributed by atoms with E-state index in [0.717, 1.165) is 155 Å². The minimum absolute atomic E-state index is 0.252. The molecule has 1 spiro atoms. The van der Waals surface area contributed by atoms with Crippen LogP contribution in [0.25, 0.3) is 0 Å². The number of hydrogen-bond donors (Lipinski definition) is 1. The molecule has 2 unspecified atom stereocenters. The average molecular weight is 1490 g/mol. The Morgan fingerprint density at radius 3 is 1.22 bits per heavy atom. The molecule has 1 aliphatic carbocycles. The number of piperazine rings is 1. The fraction of sp³-hybridized carbons (Fsp3) is 0.930. The van der Waals surface area contributed by atoms with Gasteiger partial charge in [0.2, 0.25) is 0 Å². The predicted octanol–water partition coefficient (Wildman–Crippen LogP) is 15.0. The fourth-order valence-electron chi connectivity index (χ4n) is 14.9. The van der Waals surface area contributed by atoms with Crippen LogP contribution in [0.3, 0.4) is 0 Å². The highest BCUT2D eigenvalue weighted by Crippen LogP contribution is 2.36. The lowest BCUT2D eigenvalue weighted by atomic mass is 9.99. The van der Waals surface area contributed by atoms with Crippen molar-refractivity contribution in [1.29, 1.82) is 0 Å². The summed E-state index contributed by atoms with van der Waals surface area (Å²) in [6.07, 6.45) is 18.4. The van der Waals surface area contributed by atoms with Gasteiger partial charge in [-0.2, -0.15) is 11.8 Å². The topological polar surface area (TPSA) is 106 Å². The molecule has 13 rings (SSSR count). The summed E-state index contributed by atoms with van der Waals surface area (Å²) in [6, 6.07) is 17.7. The second-order valence-corrected chi connectivity index (χ2v) is 35.2. The Balaban J connectivity index is 0.000000298. The van der Waals surface area contributed by atoms with Crippen LogP contribution in [-0.2, 0) is 33.2 Å². The third kappa shape index (κ3) is 43.6. The summed E-state index contributed by atoms with van der Waals surface area (Å²) in [4.78, 5) is 22.4. The number of morpholine rings is 3. The molecule has 2 atom stereocenters. The number of rotatable bonds is 12. The van der Waals surface area contributed by atoms with E-state index in [4.69, 9.17) is 33.2 Å². The van der Waals surface area contributed by atoms with Gasteiger partial charge in [-0.1, -0.05) is 63.4 Å². The first-order valence-electron chi connectivity index (χ1n) is 43.0. The van der Waals surface area contributed by atoms with Gasteiger partial charge in [-0.05, 0) is 240 Å². The van der Waals surface area contributed by atoms with Gasteiger partial charge in [-0.3, -0.25) is 34.3 Å². The van der Waals surface area contributed by atoms with Crippen molar-refractivity contribution in [2.24, 2.45) is 0 Å². The first kappa shape index (κ1) is 97.1. The Hall–Kier alpha value is -1.11. The molecule has 1 aromatic rings. The molecule has 104 heavy (non-hydrogen) atoms. The second-order valence-electron chi connectivity index (χ2n) is 33.9. The van der Waals surface area contributed by atoms with Gasteiger partial charge >= 0.3 is 0 Å². The first-order chi connectivity index (χ1) is 49.7. The van der Waals surface area contributed by atoms with Crippen LogP contribution in [0.5, 0.6) is 0 Å². The van der Waals surface area contributed by atoms with Gasteiger partial charge < -0.3 is 48.3 Å². The van der Waals surface area contributed by atoms with Crippen molar-refractivity contribution in [2.75, 3.05) is 196 Å². The molecule has 1 N–H and O–H groups in total. The van der Waals surface area contributed by atoms with Gasteiger partial charge in [0.25, 0.3) is 0 Å². The minimum Gasteiger partial charge on any atom is -0.381 e. The smallest absolute Gasteiger partial charge is 0.0993 e. The number of nitrogens with one attached hydrogen (secondary N) is 1. The van der Waals surface area contributed by atoms with Crippen LogP contribution in [0.2, 0.25) is 0 Å². The number of ether oxygens (including phenoxy) is 7. The third-order valence-corrected chi connectivity index (χ3v) is 23.1. The molecule has 1 saturated carbocycles. The van der Waals surface area contributed by atoms with Gasteiger partial charge in [0.1, 0.15) is 0 Å². The number of thioether (sulfide) groups is 1. The van der Waals surface area contributed by atoms with Crippen molar-refractivity contribution in [3.63, 3.8) is 0 Å². The van der Waals surface area contributed by atoms with Gasteiger partial charge in [-0.25, -0.2) is 0 Å². The van der Waals surface area contributed by atoms with E-state index in [9.17, 15) is 0 Å². The largest absolute Gasteiger partial charge is 0.381 e. The Labute approximate surface area is 648 Å². The van der Waals surface area contributed by atoms with Gasteiger partial charge in [0.15, 0.2) is 0 Å². The summed E-state index contributed by atoms with van der Waals surface area (Å²) in [5.74, 6) is 3.32. The first-order valence-corrected chi connectivity index (χ1v) is 44.1. The third-order valence-electron chi connectivity index (χ3n) is 22.2. The van der Waals surface area contributed by atoms with E-state index in [1.54, 1.807) is 0 Å². The van der Waals surface area contributed by atoms with E-state index < -0.39 is 0 Å². The van der Waals surface area contributed by atoms with Crippen molar-refractivity contribution in [2.45, 2.75) is 326 Å². The lowest BCUT2D eigenvalue weighted by Crippen LogP contribution is -2.52. The van der Waals surface area contributed by atoms with E-state index in [0.29, 0.717) is 54.4 Å². The van der Waals surface area contributed by atoms with E-state index in [-0.39, 0.29) is 5.60 Å². The highest BCUT2D eigenvalue weighted by atomic mass is 32.2. The monoisotopic (exact) mass is 1490 g/mol. The van der Waals surface area contributed by atoms with Gasteiger partial charge in [0, 0.05) is 183 Å². The van der Waals surface area contributed by atoms with Crippen molar-refractivity contribution in [3.05, 3.63) is 35.9 Å². The molecule has 18 heteroatoms. The van der Waals surface area contributed by atoms with E-state index in [1.165, 1.54) is 160 Å². The molecule has 2 bridgehead atoms. The zero-order valence-corrected chi connectivity index (χ0v) is 73.0. The number of fused-ring (bicyclic) bond motifs is 2. The van der Waals surface area contributed by atoms with Crippen LogP contribution in [-0.4, -0.2) is 324 Å². The highest BCUT2D eigenvalue weighted by Gasteiger charge is 2.41. The van der Waals surface area contributed by atoms with Crippen molar-refractivity contribution in [1.82, 2.24) is 49.4 Å². The van der Waals surface area contributed by atoms with Crippen molar-refractivity contribution >= 4 is 11.8 Å². The van der Waals surface area contributed by atoms with E-state index in [2.05, 4.69) is 238 Å². The number of piperidine rings is 1. The van der Waals surface area contributed by atoms with Gasteiger partial charge in [-0.15, -0.1) is 0 Å². The molecular formula is C86H172N10O7S. The van der Waals surface area contributed by atoms with Gasteiger partial charge in [0.05, 0.1) is 70.3 Å². The normalized spacial score (nSPS) is 24.1. The van der Waals surface area contributed by atoms with Crippen LogP contribution in [0.15, 0.2) is 30.3 Å². The molecule has 12 fully saturated rings. The maximum Gasteiger partial charge on any atom is 0.0993 e. The van der Waals surface area contributed by atoms with Crippen LogP contribution in [0.4, 0.5) is 0 Å². The Morgan fingerprint density at radius 2 is 0.837 bits per heavy atom. The molecule has 0 amide bonds. The number of nitrogens with zero attached hydrogens (tertiary/aromatic N) is 9. The van der Waals surface area contributed by atoms with Crippen molar-refractivity contribution < 1.29 is 33.2 Å². The van der Waals surface area contributed by atoms with Crippen LogP contribution >= 0.6 is 11.8 Å². The summed E-state index contributed by atoms with van der Waals surface area (Å²) in [6.45, 7) is 80.0. The summed E-state index contributed by atoms with van der Waals surface area (Å²) in [7, 11) is 0. The molecule has 0 aromatic heterocycles. The molecule has 11 aliphatic heterocycles. The Morgan fingerprint density at radius 1 is 0.413 bits per heavy atom. The molecule has 1 aromatic carbocycles. The zero-order chi connectivity index (χ0) is 76.7. The Bertz CT molecular complexity index is 1970. The molecule has 0 radical (unpaired) electrons. The molecule has 11 saturated heterocycles. The lowest BCUT2D eigenvalue weighted by molar-refractivity contribution is -0.111. The fourth-order valence-corrected chi connectivity index (χ4v) is 15.9. The van der Waals surface area contributed by atoms with Crippen LogP contribution in [0.1, 0.15) is 247 Å². The number of benzene rings is 1. The molecule has 614 valence electrons. The summed E-state index contributed by atoms with van der Waals surface area (Å²) >= 11 is 2.07. The lowest BCUT2D eigenvalue weighted by Gasteiger charge is -2.42. The van der Waals surface area contributed by atoms with E-state index in [1.807, 2.05) is 6.07 Å². The van der Waals surface area contributed by atoms with Crippen LogP contribution in [0, 0.1) is 0 Å². The Kier molecular flexibility index (Phi) is 54.0. The number of hydrogen-bond acceptors (Lipinski definition) is 18. The molecule has 12 aliphatic rings.